The summed E-state index contributed by atoms with van der Waals surface area (Å²) in [5.41, 5.74) is 0. The molecular weight excluding hydrogens is 280 g/mol. The largest absolute Gasteiger partial charge is 0.455 e. The number of aromatic nitrogens is 4. The van der Waals surface area contributed by atoms with Gasteiger partial charge in [-0.1, -0.05) is 17.0 Å². The zero-order chi connectivity index (χ0) is 13.7. The molecule has 0 bridgehead atoms. The number of carbonyl (C=O) groups excluding carboxylic acids is 1. The van der Waals surface area contributed by atoms with Gasteiger partial charge in [0.05, 0.1) is 12.3 Å². The van der Waals surface area contributed by atoms with E-state index in [1.54, 1.807) is 0 Å². The van der Waals surface area contributed by atoms with Gasteiger partial charge in [-0.25, -0.2) is 0 Å². The molecule has 2 aromatic heterocycles. The molecule has 1 amide bonds. The summed E-state index contributed by atoms with van der Waals surface area (Å²) in [6.45, 7) is 0.0944. The van der Waals surface area contributed by atoms with Crippen LogP contribution in [0.15, 0.2) is 16.5 Å². The van der Waals surface area contributed by atoms with Crippen LogP contribution in [0.4, 0.5) is 8.78 Å². The highest BCUT2D eigenvalue weighted by atomic mass is 32.2. The lowest BCUT2D eigenvalue weighted by Crippen LogP contribution is -2.22. The standard InChI is InChI=1S/C9H9F2N5O2S/c10-9(11)19-4-5-1-2-6(18-5)8(17)12-3-7-13-15-16-14-7/h1-2,9H,3-4H2,(H,12,17)(H,13,14,15,16). The second-order valence-corrected chi connectivity index (χ2v) is 4.33. The molecule has 19 heavy (non-hydrogen) atoms. The van der Waals surface area contributed by atoms with Crippen LogP contribution in [0.1, 0.15) is 22.1 Å². The molecule has 2 N–H and O–H groups in total. The number of carbonyl (C=O) groups is 1. The number of aromatic amines is 1. The Labute approximate surface area is 110 Å². The monoisotopic (exact) mass is 289 g/mol. The molecule has 7 nitrogen and oxygen atoms in total. The smallest absolute Gasteiger partial charge is 0.287 e. The zero-order valence-corrected chi connectivity index (χ0v) is 10.3. The predicted octanol–water partition coefficient (Wildman–Crippen LogP) is 1.18. The van der Waals surface area contributed by atoms with Crippen molar-refractivity contribution in [1.82, 2.24) is 25.9 Å². The van der Waals surface area contributed by atoms with Gasteiger partial charge in [0, 0.05) is 0 Å². The molecule has 0 aliphatic carbocycles. The van der Waals surface area contributed by atoms with Gasteiger partial charge in [-0.05, 0) is 12.1 Å². The van der Waals surface area contributed by atoms with Crippen LogP contribution in [0.3, 0.4) is 0 Å². The molecule has 2 aromatic rings. The van der Waals surface area contributed by atoms with Crippen molar-refractivity contribution in [2.45, 2.75) is 18.1 Å². The fraction of sp³-hybridized carbons (Fsp3) is 0.333. The molecule has 0 radical (unpaired) electrons. The van der Waals surface area contributed by atoms with Crippen molar-refractivity contribution in [3.8, 4) is 0 Å². The van der Waals surface area contributed by atoms with Crippen molar-refractivity contribution >= 4 is 17.7 Å². The molecular formula is C9H9F2N5O2S. The molecule has 0 saturated carbocycles. The van der Waals surface area contributed by atoms with E-state index < -0.39 is 11.7 Å². The average molecular weight is 289 g/mol. The number of furan rings is 1. The second kappa shape index (κ2) is 6.27. The fourth-order valence-corrected chi connectivity index (χ4v) is 1.67. The first-order valence-corrected chi connectivity index (χ1v) is 6.19. The lowest BCUT2D eigenvalue weighted by molar-refractivity contribution is 0.0920. The fourth-order valence-electron chi connectivity index (χ4n) is 1.23. The Bertz CT molecular complexity index is 530. The Morgan fingerprint density at radius 2 is 2.37 bits per heavy atom. The third-order valence-electron chi connectivity index (χ3n) is 2.03. The molecule has 0 atom stereocenters. The molecule has 0 unspecified atom stereocenters. The van der Waals surface area contributed by atoms with Crippen LogP contribution in [-0.2, 0) is 12.3 Å². The Kier molecular flexibility index (Phi) is 4.44. The number of tetrazole rings is 1. The summed E-state index contributed by atoms with van der Waals surface area (Å²) in [7, 11) is 0. The van der Waals surface area contributed by atoms with Crippen LogP contribution in [0, 0.1) is 0 Å². The summed E-state index contributed by atoms with van der Waals surface area (Å²) in [5, 5.41) is 15.4. The third-order valence-corrected chi connectivity index (χ3v) is 2.74. The maximum atomic E-state index is 12.0. The first-order valence-electron chi connectivity index (χ1n) is 5.14. The summed E-state index contributed by atoms with van der Waals surface area (Å²) in [5.74, 6) is -2.24. The van der Waals surface area contributed by atoms with Gasteiger partial charge in [0.1, 0.15) is 5.76 Å². The number of alkyl halides is 2. The van der Waals surface area contributed by atoms with Crippen LogP contribution in [0.25, 0.3) is 0 Å². The molecule has 0 aromatic carbocycles. The van der Waals surface area contributed by atoms with Crippen molar-refractivity contribution in [1.29, 1.82) is 0 Å². The van der Waals surface area contributed by atoms with E-state index in [4.69, 9.17) is 4.42 Å². The van der Waals surface area contributed by atoms with Crippen LogP contribution in [-0.4, -0.2) is 32.3 Å². The predicted molar refractivity (Wildman–Crippen MR) is 61.4 cm³/mol. The molecule has 0 aliphatic heterocycles. The van der Waals surface area contributed by atoms with Gasteiger partial charge in [0.2, 0.25) is 0 Å². The summed E-state index contributed by atoms with van der Waals surface area (Å²) in [6.07, 6.45) is 0. The Hall–Kier alpha value is -1.97. The first-order chi connectivity index (χ1) is 9.15. The van der Waals surface area contributed by atoms with E-state index in [0.717, 1.165) is 0 Å². The van der Waals surface area contributed by atoms with Crippen molar-refractivity contribution in [3.63, 3.8) is 0 Å². The second-order valence-electron chi connectivity index (χ2n) is 3.35. The number of amides is 1. The third kappa shape index (κ3) is 4.02. The summed E-state index contributed by atoms with van der Waals surface area (Å²) in [6, 6.07) is 2.91. The first kappa shape index (κ1) is 13.5. The molecule has 0 aliphatic rings. The van der Waals surface area contributed by atoms with Crippen molar-refractivity contribution in [2.75, 3.05) is 0 Å². The summed E-state index contributed by atoms with van der Waals surface area (Å²) >= 11 is 0.430. The SMILES string of the molecule is O=C(NCc1nn[nH]n1)c1ccc(CSC(F)F)o1. The number of nitrogens with zero attached hydrogens (tertiary/aromatic N) is 3. The van der Waals surface area contributed by atoms with Crippen molar-refractivity contribution < 1.29 is 18.0 Å². The highest BCUT2D eigenvalue weighted by Crippen LogP contribution is 2.21. The maximum Gasteiger partial charge on any atom is 0.287 e. The quantitative estimate of drug-likeness (QED) is 0.828. The minimum absolute atomic E-state index is 0.00971. The van der Waals surface area contributed by atoms with Gasteiger partial charge in [-0.2, -0.15) is 14.0 Å². The van der Waals surface area contributed by atoms with Gasteiger partial charge in [0.25, 0.3) is 11.7 Å². The minimum Gasteiger partial charge on any atom is -0.455 e. The molecule has 2 rings (SSSR count). The van der Waals surface area contributed by atoms with Crippen LogP contribution in [0.5, 0.6) is 0 Å². The molecule has 102 valence electrons. The van der Waals surface area contributed by atoms with E-state index in [1.165, 1.54) is 12.1 Å². The number of nitrogens with one attached hydrogen (secondary N) is 2. The number of halogens is 2. The summed E-state index contributed by atoms with van der Waals surface area (Å²) < 4.78 is 29.1. The highest BCUT2D eigenvalue weighted by molar-refractivity contribution is 7.98. The van der Waals surface area contributed by atoms with Gasteiger partial charge in [-0.15, -0.1) is 10.2 Å². The van der Waals surface area contributed by atoms with E-state index in [9.17, 15) is 13.6 Å². The van der Waals surface area contributed by atoms with Crippen molar-refractivity contribution in [2.24, 2.45) is 0 Å². The average Bonchev–Trinajstić information content (AvgIpc) is 3.04. The van der Waals surface area contributed by atoms with Gasteiger partial charge in [0.15, 0.2) is 11.6 Å². The number of thioether (sulfide) groups is 1. The van der Waals surface area contributed by atoms with E-state index in [-0.39, 0.29) is 18.1 Å². The van der Waals surface area contributed by atoms with Crippen LogP contribution < -0.4 is 5.32 Å². The summed E-state index contributed by atoms with van der Waals surface area (Å²) in [4.78, 5) is 11.6. The number of hydrogen-bond acceptors (Lipinski definition) is 6. The van der Waals surface area contributed by atoms with E-state index in [0.29, 0.717) is 23.3 Å². The Morgan fingerprint density at radius 1 is 1.53 bits per heavy atom. The lowest BCUT2D eigenvalue weighted by atomic mass is 10.4. The lowest BCUT2D eigenvalue weighted by Gasteiger charge is -1.99. The van der Waals surface area contributed by atoms with Gasteiger partial charge < -0.3 is 9.73 Å². The van der Waals surface area contributed by atoms with Gasteiger partial charge >= 0.3 is 0 Å². The van der Waals surface area contributed by atoms with E-state index in [1.807, 2.05) is 0 Å². The molecule has 0 saturated heterocycles. The van der Waals surface area contributed by atoms with Gasteiger partial charge in [-0.3, -0.25) is 4.79 Å². The maximum absolute atomic E-state index is 12.0. The van der Waals surface area contributed by atoms with Crippen LogP contribution in [0.2, 0.25) is 0 Å². The molecule has 0 fully saturated rings. The molecule has 2 heterocycles. The molecule has 10 heteroatoms. The Balaban J connectivity index is 1.85. The van der Waals surface area contributed by atoms with Crippen molar-refractivity contribution in [3.05, 3.63) is 29.5 Å². The highest BCUT2D eigenvalue weighted by Gasteiger charge is 2.13. The zero-order valence-electron chi connectivity index (χ0n) is 9.47. The number of hydrogen-bond donors (Lipinski definition) is 2. The molecule has 0 spiro atoms. The topological polar surface area (TPSA) is 96.7 Å². The number of H-pyrrole nitrogens is 1. The Morgan fingerprint density at radius 3 is 3.05 bits per heavy atom. The van der Waals surface area contributed by atoms with E-state index >= 15 is 0 Å². The normalized spacial score (nSPS) is 10.9. The van der Waals surface area contributed by atoms with E-state index in [2.05, 4.69) is 25.9 Å². The minimum atomic E-state index is -2.47. The van der Waals surface area contributed by atoms with Crippen LogP contribution >= 0.6 is 11.8 Å². The number of rotatable bonds is 6.